The molecule has 0 saturated carbocycles. The highest BCUT2D eigenvalue weighted by Gasteiger charge is 2.27. The zero-order valence-electron chi connectivity index (χ0n) is 64.4. The number of hydrogen-bond donors (Lipinski definition) is 0. The molecule has 7 heterocycles. The van der Waals surface area contributed by atoms with Gasteiger partial charge in [0, 0.05) is 95.7 Å². The van der Waals surface area contributed by atoms with Gasteiger partial charge in [-0.05, 0) is 221 Å². The van der Waals surface area contributed by atoms with Crippen LogP contribution in [0.1, 0.15) is 22.3 Å². The van der Waals surface area contributed by atoms with Gasteiger partial charge >= 0.3 is 0 Å². The van der Waals surface area contributed by atoms with E-state index in [2.05, 4.69) is 398 Å². The van der Waals surface area contributed by atoms with Crippen molar-refractivity contribution in [3.8, 4) is 123 Å². The summed E-state index contributed by atoms with van der Waals surface area (Å²) < 4.78 is 9.76. The van der Waals surface area contributed by atoms with Gasteiger partial charge in [-0.3, -0.25) is 9.97 Å². The molecule has 8 nitrogen and oxygen atoms in total. The summed E-state index contributed by atoms with van der Waals surface area (Å²) in [4.78, 5) is 21.8. The van der Waals surface area contributed by atoms with E-state index < -0.39 is 0 Å². The highest BCUT2D eigenvalue weighted by atomic mass is 15.0. The molecule has 0 fully saturated rings. The molecule has 0 aliphatic heterocycles. The van der Waals surface area contributed by atoms with E-state index in [1.54, 1.807) is 0 Å². The zero-order valence-corrected chi connectivity index (χ0v) is 64.4. The van der Waals surface area contributed by atoms with Crippen molar-refractivity contribution in [1.82, 2.24) is 38.2 Å². The molecule has 0 aliphatic carbocycles. The maximum Gasteiger partial charge on any atom is 0.160 e. The SMILES string of the molecule is Cc1ccccc1-c1ccc2c(c1)c1ccccc1n2-c1ccncc1-c1ccc(-n2c3ccccc3c3cc(-c4ccccc4C)ccc32)c(-c2cc(-c3cc(-c4cnccc4-n4c5ccccc5c5cc(-c6ccccc6C)ccc54)ccc3-n3c4ccccc4c4cc(-c5ccccc5C)ccc43)nc(-c3ccccc3)n2)c1. The van der Waals surface area contributed by atoms with Crippen LogP contribution in [0.3, 0.4) is 0 Å². The first-order chi connectivity index (χ1) is 57.2. The van der Waals surface area contributed by atoms with Gasteiger partial charge in [0.05, 0.1) is 78.3 Å². The number of para-hydroxylation sites is 4. The molecule has 22 aromatic rings. The molecular formula is C108H74N8. The molecule has 0 amide bonds. The lowest BCUT2D eigenvalue weighted by Crippen LogP contribution is -2.04. The summed E-state index contributed by atoms with van der Waals surface area (Å²) in [6, 6.07) is 129. The molecule has 546 valence electrons. The van der Waals surface area contributed by atoms with E-state index in [-0.39, 0.29) is 0 Å². The highest BCUT2D eigenvalue weighted by molar-refractivity contribution is 6.15. The van der Waals surface area contributed by atoms with Crippen LogP contribution in [0.25, 0.3) is 211 Å². The fourth-order valence-electron chi connectivity index (χ4n) is 18.4. The molecule has 0 aliphatic rings. The maximum atomic E-state index is 5.91. The van der Waals surface area contributed by atoms with E-state index in [0.717, 1.165) is 150 Å². The van der Waals surface area contributed by atoms with Crippen molar-refractivity contribution in [2.45, 2.75) is 27.7 Å². The molecule has 22 rings (SSSR count). The van der Waals surface area contributed by atoms with Gasteiger partial charge < -0.3 is 18.3 Å². The molecule has 0 spiro atoms. The Morgan fingerprint density at radius 3 is 0.784 bits per heavy atom. The Bertz CT molecular complexity index is 7340. The second-order valence-corrected chi connectivity index (χ2v) is 30.7. The number of nitrogens with zero attached hydrogens (tertiary/aromatic N) is 8. The number of aryl methyl sites for hydroxylation is 4. The molecule has 0 unspecified atom stereocenters. The first kappa shape index (κ1) is 67.7. The second-order valence-electron chi connectivity index (χ2n) is 30.7. The van der Waals surface area contributed by atoms with E-state index in [4.69, 9.17) is 19.9 Å². The quantitative estimate of drug-likeness (QED) is 0.115. The molecule has 116 heavy (non-hydrogen) atoms. The standard InChI is InChI=1S/C108H74N8/c1-67-24-8-12-30-78(67)72-42-48-100-86(58-72)82-34-16-20-38-96(82)113(100)104-52-46-76(92-65-109-56-54-106(92)115-98-40-22-18-36-84(98)88-60-74(44-50-102(88)115)80-32-14-10-26-69(80)3)62-90(104)94-64-95(112-108(111-94)71-28-6-5-7-29-71)91-63-77(47-53-105(91)114-97-39-21-17-35-83(97)87-59-73(43-49-101(87)114)79-31-13-9-25-68(79)2)93-66-110-57-55-107(93)116-99-41-23-19-37-85(99)89-61-75(45-51-103(89)116)81-33-15-11-27-70(81)4/h5-66H,1-4H3. The third-order valence-electron chi connectivity index (χ3n) is 24.0. The van der Waals surface area contributed by atoms with Crippen LogP contribution in [0, 0.1) is 27.7 Å². The summed E-state index contributed by atoms with van der Waals surface area (Å²) in [5.74, 6) is 0.579. The molecule has 0 N–H and O–H groups in total. The highest BCUT2D eigenvalue weighted by Crippen LogP contribution is 2.48. The lowest BCUT2D eigenvalue weighted by Gasteiger charge is -2.20. The van der Waals surface area contributed by atoms with E-state index in [1.807, 2.05) is 24.8 Å². The van der Waals surface area contributed by atoms with Gasteiger partial charge in [0.1, 0.15) is 0 Å². The van der Waals surface area contributed by atoms with Gasteiger partial charge in [-0.2, -0.15) is 0 Å². The monoisotopic (exact) mass is 1480 g/mol. The van der Waals surface area contributed by atoms with Crippen molar-refractivity contribution >= 4 is 87.2 Å². The first-order valence-corrected chi connectivity index (χ1v) is 39.7. The fraction of sp³-hybridized carbons (Fsp3) is 0.0370. The zero-order chi connectivity index (χ0) is 77.2. The first-order valence-electron chi connectivity index (χ1n) is 39.7. The topological polar surface area (TPSA) is 71.3 Å². The van der Waals surface area contributed by atoms with Crippen molar-refractivity contribution in [1.29, 1.82) is 0 Å². The largest absolute Gasteiger partial charge is 0.309 e. The molecule has 0 atom stereocenters. The van der Waals surface area contributed by atoms with Crippen LogP contribution in [0.5, 0.6) is 0 Å². The van der Waals surface area contributed by atoms with Crippen LogP contribution in [0.4, 0.5) is 0 Å². The Morgan fingerprint density at radius 1 is 0.190 bits per heavy atom. The molecule has 8 heteroatoms. The van der Waals surface area contributed by atoms with E-state index >= 15 is 0 Å². The predicted molar refractivity (Wildman–Crippen MR) is 483 cm³/mol. The summed E-state index contributed by atoms with van der Waals surface area (Å²) in [5, 5.41) is 9.29. The van der Waals surface area contributed by atoms with Crippen molar-refractivity contribution in [3.63, 3.8) is 0 Å². The maximum absolute atomic E-state index is 5.91. The van der Waals surface area contributed by atoms with Gasteiger partial charge in [0.15, 0.2) is 5.82 Å². The van der Waals surface area contributed by atoms with Crippen LogP contribution < -0.4 is 0 Å². The summed E-state index contributed by atoms with van der Waals surface area (Å²) >= 11 is 0. The summed E-state index contributed by atoms with van der Waals surface area (Å²) in [7, 11) is 0. The molecular weight excluding hydrogens is 1410 g/mol. The average molecular weight is 1480 g/mol. The van der Waals surface area contributed by atoms with Gasteiger partial charge in [-0.25, -0.2) is 9.97 Å². The van der Waals surface area contributed by atoms with E-state index in [9.17, 15) is 0 Å². The number of pyridine rings is 2. The van der Waals surface area contributed by atoms with Gasteiger partial charge in [0.2, 0.25) is 0 Å². The third kappa shape index (κ3) is 11.0. The Kier molecular flexibility index (Phi) is 16.0. The molecule has 15 aromatic carbocycles. The van der Waals surface area contributed by atoms with Gasteiger partial charge in [-0.1, -0.05) is 237 Å². The van der Waals surface area contributed by atoms with Crippen LogP contribution in [-0.4, -0.2) is 38.2 Å². The summed E-state index contributed by atoms with van der Waals surface area (Å²) in [6.45, 7) is 8.78. The van der Waals surface area contributed by atoms with Crippen molar-refractivity contribution < 1.29 is 0 Å². The fourth-order valence-corrected chi connectivity index (χ4v) is 18.4. The molecule has 0 radical (unpaired) electrons. The Morgan fingerprint density at radius 2 is 0.457 bits per heavy atom. The number of hydrogen-bond acceptors (Lipinski definition) is 4. The van der Waals surface area contributed by atoms with Gasteiger partial charge in [0.25, 0.3) is 0 Å². The minimum atomic E-state index is 0.579. The Hall–Kier alpha value is -15.1. The van der Waals surface area contributed by atoms with E-state index in [1.165, 1.54) is 77.2 Å². The van der Waals surface area contributed by atoms with Crippen LogP contribution in [0.15, 0.2) is 377 Å². The number of fused-ring (bicyclic) bond motifs is 12. The smallest absolute Gasteiger partial charge is 0.160 e. The predicted octanol–water partition coefficient (Wildman–Crippen LogP) is 27.9. The summed E-state index contributed by atoms with van der Waals surface area (Å²) in [5.41, 5.74) is 35.1. The van der Waals surface area contributed by atoms with Crippen molar-refractivity contribution in [3.05, 3.63) is 399 Å². The lowest BCUT2D eigenvalue weighted by molar-refractivity contribution is 1.13. The van der Waals surface area contributed by atoms with Crippen LogP contribution in [0.2, 0.25) is 0 Å². The number of benzene rings is 15. The van der Waals surface area contributed by atoms with E-state index in [0.29, 0.717) is 5.82 Å². The third-order valence-corrected chi connectivity index (χ3v) is 24.0. The number of rotatable bonds is 13. The molecule has 0 bridgehead atoms. The Balaban J connectivity index is 0.816. The normalized spacial score (nSPS) is 11.8. The van der Waals surface area contributed by atoms with Crippen molar-refractivity contribution in [2.24, 2.45) is 0 Å². The summed E-state index contributed by atoms with van der Waals surface area (Å²) in [6.07, 6.45) is 7.92. The number of aromatic nitrogens is 8. The minimum absolute atomic E-state index is 0.579. The minimum Gasteiger partial charge on any atom is -0.309 e. The molecule has 7 aromatic heterocycles. The second kappa shape index (κ2) is 27.4. The van der Waals surface area contributed by atoms with Gasteiger partial charge in [-0.15, -0.1) is 0 Å². The molecule has 0 saturated heterocycles. The van der Waals surface area contributed by atoms with Crippen LogP contribution in [-0.2, 0) is 0 Å². The van der Waals surface area contributed by atoms with Crippen LogP contribution >= 0.6 is 0 Å². The lowest BCUT2D eigenvalue weighted by atomic mass is 9.96. The average Bonchev–Trinajstić information content (AvgIpc) is 1.54. The Labute approximate surface area is 671 Å². The van der Waals surface area contributed by atoms with Crippen molar-refractivity contribution in [2.75, 3.05) is 0 Å².